The molecule has 0 bridgehead atoms. The van der Waals surface area contributed by atoms with E-state index in [0.29, 0.717) is 44.0 Å². The molecule has 0 spiro atoms. The number of likely N-dealkylation sites (tertiary alicyclic amines) is 1. The summed E-state index contributed by atoms with van der Waals surface area (Å²) < 4.78 is 11.6. The van der Waals surface area contributed by atoms with Crippen LogP contribution in [-0.4, -0.2) is 42.5 Å². The first-order valence-corrected chi connectivity index (χ1v) is 10.3. The zero-order valence-corrected chi connectivity index (χ0v) is 17.6. The molecule has 1 saturated heterocycles. The minimum absolute atomic E-state index is 0.0187. The highest BCUT2D eigenvalue weighted by Gasteiger charge is 2.33. The van der Waals surface area contributed by atoms with Crippen LogP contribution >= 0.6 is 0 Å². The Labute approximate surface area is 167 Å². The Hall–Kier alpha value is -2.24. The monoisotopic (exact) mass is 388 g/mol. The number of nitrogens with zero attached hydrogens (tertiary/aromatic N) is 1. The number of hydrogen-bond donors (Lipinski definition) is 1. The molecular weight excluding hydrogens is 356 g/mol. The maximum absolute atomic E-state index is 12.9. The zero-order valence-electron chi connectivity index (χ0n) is 17.6. The summed E-state index contributed by atoms with van der Waals surface area (Å²) in [6, 6.07) is 3.85. The first-order valence-electron chi connectivity index (χ1n) is 10.3. The predicted molar refractivity (Wildman–Crippen MR) is 109 cm³/mol. The molecule has 2 amide bonds. The summed E-state index contributed by atoms with van der Waals surface area (Å²) in [4.78, 5) is 27.2. The molecule has 1 aromatic rings. The smallest absolute Gasteiger partial charge is 0.227 e. The van der Waals surface area contributed by atoms with Crippen molar-refractivity contribution in [2.24, 2.45) is 11.3 Å². The third-order valence-electron chi connectivity index (χ3n) is 5.35. The first kappa shape index (κ1) is 20.5. The van der Waals surface area contributed by atoms with Crippen molar-refractivity contribution in [1.29, 1.82) is 0 Å². The van der Waals surface area contributed by atoms with Gasteiger partial charge in [-0.25, -0.2) is 0 Å². The van der Waals surface area contributed by atoms with E-state index in [1.807, 2.05) is 51.7 Å². The topological polar surface area (TPSA) is 67.9 Å². The molecule has 1 fully saturated rings. The standard InChI is InChI=1S/C22H32N2O4/c1-6-27-19-12-16-11-14(2)28-18(16)13-17(19)23-20(25)15-7-9-24(10-8-15)21(26)22(3,4)5/h12-15H,6-11H2,1-5H3,(H,23,25). The van der Waals surface area contributed by atoms with E-state index in [-0.39, 0.29) is 29.3 Å². The van der Waals surface area contributed by atoms with Crippen LogP contribution in [0.4, 0.5) is 5.69 Å². The number of fused-ring (bicyclic) bond motifs is 1. The molecule has 2 aliphatic heterocycles. The average molecular weight is 389 g/mol. The van der Waals surface area contributed by atoms with Crippen molar-refractivity contribution in [3.8, 4) is 11.5 Å². The summed E-state index contributed by atoms with van der Waals surface area (Å²) in [6.45, 7) is 11.5. The van der Waals surface area contributed by atoms with Gasteiger partial charge in [0.25, 0.3) is 0 Å². The number of benzene rings is 1. The van der Waals surface area contributed by atoms with E-state index in [4.69, 9.17) is 9.47 Å². The van der Waals surface area contributed by atoms with E-state index in [1.54, 1.807) is 0 Å². The summed E-state index contributed by atoms with van der Waals surface area (Å²) in [5.74, 6) is 1.53. The Morgan fingerprint density at radius 2 is 1.93 bits per heavy atom. The van der Waals surface area contributed by atoms with E-state index < -0.39 is 0 Å². The minimum Gasteiger partial charge on any atom is -0.492 e. The fourth-order valence-electron chi connectivity index (χ4n) is 3.87. The van der Waals surface area contributed by atoms with Gasteiger partial charge in [0, 0.05) is 42.5 Å². The Bertz CT molecular complexity index is 746. The average Bonchev–Trinajstić information content (AvgIpc) is 2.99. The second kappa shape index (κ2) is 8.02. The molecule has 0 aromatic heterocycles. The number of anilines is 1. The van der Waals surface area contributed by atoms with Crippen molar-refractivity contribution in [3.05, 3.63) is 17.7 Å². The summed E-state index contributed by atoms with van der Waals surface area (Å²) >= 11 is 0. The highest BCUT2D eigenvalue weighted by molar-refractivity contribution is 5.94. The lowest BCUT2D eigenvalue weighted by molar-refractivity contribution is -0.142. The van der Waals surface area contributed by atoms with Crippen molar-refractivity contribution in [3.63, 3.8) is 0 Å². The summed E-state index contributed by atoms with van der Waals surface area (Å²) in [5, 5.41) is 3.04. The molecule has 154 valence electrons. The van der Waals surface area contributed by atoms with Crippen LogP contribution in [0.5, 0.6) is 11.5 Å². The Kier molecular flexibility index (Phi) is 5.87. The number of carbonyl (C=O) groups excluding carboxylic acids is 2. The van der Waals surface area contributed by atoms with Crippen LogP contribution in [-0.2, 0) is 16.0 Å². The first-order chi connectivity index (χ1) is 13.2. The van der Waals surface area contributed by atoms with Gasteiger partial charge in [-0.3, -0.25) is 9.59 Å². The zero-order chi connectivity index (χ0) is 20.5. The number of hydrogen-bond acceptors (Lipinski definition) is 4. The molecule has 6 heteroatoms. The van der Waals surface area contributed by atoms with Crippen LogP contribution in [0.15, 0.2) is 12.1 Å². The molecule has 6 nitrogen and oxygen atoms in total. The number of rotatable bonds is 4. The molecule has 2 aliphatic rings. The van der Waals surface area contributed by atoms with Crippen LogP contribution in [0.2, 0.25) is 0 Å². The van der Waals surface area contributed by atoms with E-state index >= 15 is 0 Å². The number of carbonyl (C=O) groups is 2. The maximum Gasteiger partial charge on any atom is 0.227 e. The van der Waals surface area contributed by atoms with E-state index in [1.165, 1.54) is 0 Å². The number of ether oxygens (including phenoxy) is 2. The third kappa shape index (κ3) is 4.42. The van der Waals surface area contributed by atoms with E-state index in [9.17, 15) is 9.59 Å². The fourth-order valence-corrected chi connectivity index (χ4v) is 3.87. The van der Waals surface area contributed by atoms with Gasteiger partial charge in [0.15, 0.2) is 0 Å². The van der Waals surface area contributed by atoms with Crippen molar-refractivity contribution >= 4 is 17.5 Å². The summed E-state index contributed by atoms with van der Waals surface area (Å²) in [7, 11) is 0. The summed E-state index contributed by atoms with van der Waals surface area (Å²) in [5.41, 5.74) is 1.39. The predicted octanol–water partition coefficient (Wildman–Crippen LogP) is 3.63. The van der Waals surface area contributed by atoms with Crippen LogP contribution < -0.4 is 14.8 Å². The fraction of sp³-hybridized carbons (Fsp3) is 0.636. The molecule has 3 rings (SSSR count). The second-order valence-electron chi connectivity index (χ2n) is 8.83. The van der Waals surface area contributed by atoms with Gasteiger partial charge >= 0.3 is 0 Å². The highest BCUT2D eigenvalue weighted by atomic mass is 16.5. The Balaban J connectivity index is 1.66. The highest BCUT2D eigenvalue weighted by Crippen LogP contribution is 2.38. The van der Waals surface area contributed by atoms with Gasteiger partial charge in [-0.2, -0.15) is 0 Å². The van der Waals surface area contributed by atoms with Crippen molar-refractivity contribution in [2.75, 3.05) is 25.0 Å². The molecule has 1 aromatic carbocycles. The molecule has 0 radical (unpaired) electrons. The second-order valence-corrected chi connectivity index (χ2v) is 8.83. The van der Waals surface area contributed by atoms with Gasteiger partial charge < -0.3 is 19.7 Å². The van der Waals surface area contributed by atoms with Crippen LogP contribution in [0, 0.1) is 11.3 Å². The third-order valence-corrected chi connectivity index (χ3v) is 5.35. The molecule has 0 saturated carbocycles. The SMILES string of the molecule is CCOc1cc2c(cc1NC(=O)C1CCN(C(=O)C(C)(C)C)CC1)OC(C)C2. The summed E-state index contributed by atoms with van der Waals surface area (Å²) in [6.07, 6.45) is 2.34. The quantitative estimate of drug-likeness (QED) is 0.855. The maximum atomic E-state index is 12.9. The van der Waals surface area contributed by atoms with Crippen molar-refractivity contribution < 1.29 is 19.1 Å². The Morgan fingerprint density at radius 1 is 1.25 bits per heavy atom. The molecule has 28 heavy (non-hydrogen) atoms. The van der Waals surface area contributed by atoms with Crippen molar-refractivity contribution in [1.82, 2.24) is 4.90 Å². The van der Waals surface area contributed by atoms with E-state index in [0.717, 1.165) is 17.7 Å². The largest absolute Gasteiger partial charge is 0.492 e. The Morgan fingerprint density at radius 3 is 2.54 bits per heavy atom. The number of nitrogens with one attached hydrogen (secondary N) is 1. The van der Waals surface area contributed by atoms with Gasteiger partial charge in [0.05, 0.1) is 12.3 Å². The number of amides is 2. The molecule has 1 atom stereocenters. The van der Waals surface area contributed by atoms with Gasteiger partial charge in [-0.1, -0.05) is 20.8 Å². The molecular formula is C22H32N2O4. The number of piperidine rings is 1. The molecule has 2 heterocycles. The van der Waals surface area contributed by atoms with Crippen LogP contribution in [0.1, 0.15) is 53.0 Å². The molecule has 1 unspecified atom stereocenters. The lowest BCUT2D eigenvalue weighted by Crippen LogP contribution is -2.45. The minimum atomic E-state index is -0.386. The lowest BCUT2D eigenvalue weighted by Gasteiger charge is -2.35. The van der Waals surface area contributed by atoms with Crippen LogP contribution in [0.3, 0.4) is 0 Å². The van der Waals surface area contributed by atoms with Gasteiger partial charge in [-0.15, -0.1) is 0 Å². The van der Waals surface area contributed by atoms with Gasteiger partial charge in [-0.05, 0) is 32.8 Å². The van der Waals surface area contributed by atoms with Gasteiger partial charge in [0.2, 0.25) is 11.8 Å². The van der Waals surface area contributed by atoms with Crippen LogP contribution in [0.25, 0.3) is 0 Å². The lowest BCUT2D eigenvalue weighted by atomic mass is 9.90. The molecule has 0 aliphatic carbocycles. The van der Waals surface area contributed by atoms with Crippen molar-refractivity contribution in [2.45, 2.75) is 60.0 Å². The van der Waals surface area contributed by atoms with E-state index in [2.05, 4.69) is 5.32 Å². The normalized spacial score (nSPS) is 19.8. The molecule has 1 N–H and O–H groups in total. The van der Waals surface area contributed by atoms with Gasteiger partial charge in [0.1, 0.15) is 17.6 Å².